The molecule has 1 N–H and O–H groups in total. The average Bonchev–Trinajstić information content (AvgIpc) is 2.84. The number of aromatic nitrogens is 3. The van der Waals surface area contributed by atoms with E-state index >= 15 is 0 Å². The molecule has 98 valence electrons. The van der Waals surface area contributed by atoms with E-state index in [1.807, 2.05) is 24.6 Å². The van der Waals surface area contributed by atoms with Gasteiger partial charge in [-0.05, 0) is 25.5 Å². The molecule has 0 aliphatic heterocycles. The van der Waals surface area contributed by atoms with Crippen molar-refractivity contribution in [1.29, 1.82) is 0 Å². The molecule has 18 heavy (non-hydrogen) atoms. The number of aryl methyl sites for hydroxylation is 1. The maximum Gasteiger partial charge on any atom is 0.149 e. The van der Waals surface area contributed by atoms with E-state index in [0.717, 1.165) is 15.7 Å². The molecule has 4 nitrogen and oxygen atoms in total. The highest BCUT2D eigenvalue weighted by molar-refractivity contribution is 7.20. The molecule has 7 heteroatoms. The van der Waals surface area contributed by atoms with Gasteiger partial charge < -0.3 is 9.88 Å². The van der Waals surface area contributed by atoms with Crippen LogP contribution in [0.3, 0.4) is 0 Å². The zero-order valence-electron chi connectivity index (χ0n) is 10.3. The SMILES string of the molecule is CC(NC(C)c1nncn1C)c1cc(Cl)sc1Cl. The summed E-state index contributed by atoms with van der Waals surface area (Å²) in [7, 11) is 1.92. The molecular formula is C11H14Cl2N4S. The van der Waals surface area contributed by atoms with Crippen molar-refractivity contribution in [3.63, 3.8) is 0 Å². The van der Waals surface area contributed by atoms with Crippen molar-refractivity contribution in [2.24, 2.45) is 7.05 Å². The molecule has 0 spiro atoms. The number of hydrogen-bond donors (Lipinski definition) is 1. The van der Waals surface area contributed by atoms with Gasteiger partial charge in [-0.2, -0.15) is 0 Å². The van der Waals surface area contributed by atoms with Crippen LogP contribution in [0.2, 0.25) is 8.67 Å². The number of halogens is 2. The molecule has 2 heterocycles. The summed E-state index contributed by atoms with van der Waals surface area (Å²) in [6.45, 7) is 4.10. The maximum atomic E-state index is 6.14. The van der Waals surface area contributed by atoms with Crippen LogP contribution in [0.25, 0.3) is 0 Å². The van der Waals surface area contributed by atoms with Crippen LogP contribution >= 0.6 is 34.5 Å². The Labute approximate surface area is 120 Å². The van der Waals surface area contributed by atoms with Crippen LogP contribution in [0.15, 0.2) is 12.4 Å². The number of hydrogen-bond acceptors (Lipinski definition) is 4. The molecule has 2 aromatic heterocycles. The molecule has 0 amide bonds. The Bertz CT molecular complexity index is 537. The van der Waals surface area contributed by atoms with E-state index < -0.39 is 0 Å². The van der Waals surface area contributed by atoms with Gasteiger partial charge in [0, 0.05) is 13.1 Å². The average molecular weight is 305 g/mol. The van der Waals surface area contributed by atoms with Crippen molar-refractivity contribution in [3.05, 3.63) is 32.5 Å². The first kappa shape index (κ1) is 13.8. The minimum Gasteiger partial charge on any atom is -0.319 e. The lowest BCUT2D eigenvalue weighted by Crippen LogP contribution is -2.24. The van der Waals surface area contributed by atoms with Gasteiger partial charge in [0.05, 0.1) is 14.7 Å². The topological polar surface area (TPSA) is 42.7 Å². The summed E-state index contributed by atoms with van der Waals surface area (Å²) in [5.41, 5.74) is 1.01. The molecule has 0 saturated carbocycles. The van der Waals surface area contributed by atoms with E-state index in [1.54, 1.807) is 6.33 Å². The summed E-state index contributed by atoms with van der Waals surface area (Å²) in [5, 5.41) is 11.4. The molecule has 0 radical (unpaired) electrons. The Morgan fingerprint density at radius 3 is 2.56 bits per heavy atom. The molecule has 0 bridgehead atoms. The third-order valence-corrected chi connectivity index (χ3v) is 4.30. The minimum atomic E-state index is 0.0854. The number of nitrogens with one attached hydrogen (secondary N) is 1. The zero-order chi connectivity index (χ0) is 13.3. The van der Waals surface area contributed by atoms with Crippen LogP contribution in [-0.4, -0.2) is 14.8 Å². The molecule has 0 aliphatic rings. The van der Waals surface area contributed by atoms with E-state index in [9.17, 15) is 0 Å². The van der Waals surface area contributed by atoms with Crippen molar-refractivity contribution in [2.75, 3.05) is 0 Å². The van der Waals surface area contributed by atoms with Crippen LogP contribution < -0.4 is 5.32 Å². The van der Waals surface area contributed by atoms with Crippen molar-refractivity contribution in [1.82, 2.24) is 20.1 Å². The third kappa shape index (κ3) is 2.85. The number of nitrogens with zero attached hydrogens (tertiary/aromatic N) is 3. The maximum absolute atomic E-state index is 6.14. The molecule has 0 fully saturated rings. The Hall–Kier alpha value is -0.620. The fourth-order valence-electron chi connectivity index (χ4n) is 1.87. The first-order valence-electron chi connectivity index (χ1n) is 5.53. The van der Waals surface area contributed by atoms with Gasteiger partial charge in [0.25, 0.3) is 0 Å². The van der Waals surface area contributed by atoms with Crippen molar-refractivity contribution < 1.29 is 0 Å². The smallest absolute Gasteiger partial charge is 0.149 e. The van der Waals surface area contributed by atoms with Gasteiger partial charge in [-0.3, -0.25) is 0 Å². The fourth-order valence-corrected chi connectivity index (χ4v) is 3.52. The predicted octanol–water partition coefficient (Wildman–Crippen LogP) is 3.60. The molecule has 2 atom stereocenters. The minimum absolute atomic E-state index is 0.0854. The largest absolute Gasteiger partial charge is 0.319 e. The molecule has 2 aromatic rings. The molecule has 0 saturated heterocycles. The summed E-state index contributed by atoms with van der Waals surface area (Å²) in [4.78, 5) is 0. The van der Waals surface area contributed by atoms with Gasteiger partial charge in [-0.25, -0.2) is 0 Å². The third-order valence-electron chi connectivity index (χ3n) is 2.78. The van der Waals surface area contributed by atoms with Crippen molar-refractivity contribution >= 4 is 34.5 Å². The highest BCUT2D eigenvalue weighted by Crippen LogP contribution is 2.35. The quantitative estimate of drug-likeness (QED) is 0.938. The molecule has 0 aliphatic carbocycles. The highest BCUT2D eigenvalue weighted by atomic mass is 35.5. The second-order valence-corrected chi connectivity index (χ2v) is 6.48. The Morgan fingerprint density at radius 1 is 1.33 bits per heavy atom. The van der Waals surface area contributed by atoms with E-state index in [2.05, 4.69) is 22.4 Å². The van der Waals surface area contributed by atoms with Crippen molar-refractivity contribution in [2.45, 2.75) is 25.9 Å². The van der Waals surface area contributed by atoms with Gasteiger partial charge >= 0.3 is 0 Å². The van der Waals surface area contributed by atoms with Crippen LogP contribution in [0, 0.1) is 0 Å². The van der Waals surface area contributed by atoms with Crippen LogP contribution in [0.5, 0.6) is 0 Å². The number of thiophene rings is 1. The predicted molar refractivity (Wildman–Crippen MR) is 75.3 cm³/mol. The Morgan fingerprint density at radius 2 is 2.06 bits per heavy atom. The van der Waals surface area contributed by atoms with Crippen molar-refractivity contribution in [3.8, 4) is 0 Å². The Kier molecular flexibility index (Phi) is 4.27. The lowest BCUT2D eigenvalue weighted by atomic mass is 10.1. The van der Waals surface area contributed by atoms with E-state index in [-0.39, 0.29) is 12.1 Å². The number of rotatable bonds is 4. The van der Waals surface area contributed by atoms with Gasteiger partial charge in [-0.15, -0.1) is 21.5 Å². The first-order chi connectivity index (χ1) is 8.49. The molecule has 2 unspecified atom stereocenters. The van der Waals surface area contributed by atoms with Gasteiger partial charge in [-0.1, -0.05) is 23.2 Å². The fraction of sp³-hybridized carbons (Fsp3) is 0.455. The molecule has 2 rings (SSSR count). The highest BCUT2D eigenvalue weighted by Gasteiger charge is 2.18. The lowest BCUT2D eigenvalue weighted by Gasteiger charge is -2.19. The first-order valence-corrected chi connectivity index (χ1v) is 7.11. The van der Waals surface area contributed by atoms with Crippen LogP contribution in [0.1, 0.15) is 37.3 Å². The summed E-state index contributed by atoms with van der Waals surface area (Å²) in [6.07, 6.45) is 1.69. The van der Waals surface area contributed by atoms with Crippen LogP contribution in [0.4, 0.5) is 0 Å². The second kappa shape index (κ2) is 5.57. The van der Waals surface area contributed by atoms with Crippen LogP contribution in [-0.2, 0) is 7.05 Å². The lowest BCUT2D eigenvalue weighted by molar-refractivity contribution is 0.467. The Balaban J connectivity index is 2.10. The molecule has 0 aromatic carbocycles. The summed E-state index contributed by atoms with van der Waals surface area (Å²) < 4.78 is 3.33. The van der Waals surface area contributed by atoms with E-state index in [0.29, 0.717) is 4.34 Å². The summed E-state index contributed by atoms with van der Waals surface area (Å²) in [6, 6.07) is 2.09. The standard InChI is InChI=1S/C11H14Cl2N4S/c1-6(8-4-9(12)18-10(8)13)15-7(2)11-16-14-5-17(11)3/h4-7,15H,1-3H3. The van der Waals surface area contributed by atoms with Gasteiger partial charge in [0.15, 0.2) is 0 Å². The monoisotopic (exact) mass is 304 g/mol. The normalized spacial score (nSPS) is 14.7. The van der Waals surface area contributed by atoms with Gasteiger partial charge in [0.2, 0.25) is 0 Å². The van der Waals surface area contributed by atoms with E-state index in [4.69, 9.17) is 23.2 Å². The molecular weight excluding hydrogens is 291 g/mol. The summed E-state index contributed by atoms with van der Waals surface area (Å²) >= 11 is 13.5. The second-order valence-electron chi connectivity index (χ2n) is 4.19. The summed E-state index contributed by atoms with van der Waals surface area (Å²) in [5.74, 6) is 0.888. The van der Waals surface area contributed by atoms with E-state index in [1.165, 1.54) is 11.3 Å². The zero-order valence-corrected chi connectivity index (χ0v) is 12.6. The van der Waals surface area contributed by atoms with Gasteiger partial charge in [0.1, 0.15) is 12.2 Å².